The first-order chi connectivity index (χ1) is 6.25. The molecule has 0 N–H and O–H groups in total. The fourth-order valence-electron chi connectivity index (χ4n) is 0.921. The van der Waals surface area contributed by atoms with Gasteiger partial charge in [-0.3, -0.25) is 0 Å². The molecule has 0 amide bonds. The highest BCUT2D eigenvalue weighted by molar-refractivity contribution is 9.11. The average Bonchev–Trinajstić information content (AvgIpc) is 2.53. The number of halogens is 2. The van der Waals surface area contributed by atoms with E-state index >= 15 is 0 Å². The molecule has 2 nitrogen and oxygen atoms in total. The van der Waals surface area contributed by atoms with Gasteiger partial charge < -0.3 is 0 Å². The zero-order valence-corrected chi connectivity index (χ0v) is 9.53. The molecule has 1 heterocycles. The Kier molecular flexibility index (Phi) is 2.62. The van der Waals surface area contributed by atoms with Crippen molar-refractivity contribution in [3.63, 3.8) is 0 Å². The van der Waals surface area contributed by atoms with Crippen LogP contribution in [-0.4, -0.2) is 9.36 Å². The smallest absolute Gasteiger partial charge is 0.179 e. The molecule has 0 aliphatic carbocycles. The Hall–Kier alpha value is -0.450. The summed E-state index contributed by atoms with van der Waals surface area (Å²) in [6.07, 6.45) is 0. The van der Waals surface area contributed by atoms with Crippen molar-refractivity contribution in [3.05, 3.63) is 33.2 Å². The van der Waals surface area contributed by atoms with Gasteiger partial charge in [0.2, 0.25) is 0 Å². The van der Waals surface area contributed by atoms with Crippen molar-refractivity contribution in [3.8, 4) is 11.4 Å². The van der Waals surface area contributed by atoms with Crippen LogP contribution in [0.25, 0.3) is 11.4 Å². The third kappa shape index (κ3) is 2.07. The molecule has 2 aromatic rings. The number of nitrogens with zero attached hydrogens (tertiary/aromatic N) is 2. The summed E-state index contributed by atoms with van der Waals surface area (Å²) in [5.41, 5.74) is 0.978. The molecule has 0 bridgehead atoms. The van der Waals surface area contributed by atoms with E-state index in [-0.39, 0.29) is 0 Å². The van der Waals surface area contributed by atoms with Gasteiger partial charge in [-0.25, -0.2) is 4.98 Å². The van der Waals surface area contributed by atoms with Gasteiger partial charge in [0.1, 0.15) is 0 Å². The van der Waals surface area contributed by atoms with Crippen molar-refractivity contribution in [2.75, 3.05) is 0 Å². The average molecular weight is 276 g/mol. The SMILES string of the molecule is Clc1ccc(-c2nsc(Br)n2)cc1. The van der Waals surface area contributed by atoms with Crippen molar-refractivity contribution in [1.29, 1.82) is 0 Å². The van der Waals surface area contributed by atoms with E-state index in [1.54, 1.807) is 0 Å². The van der Waals surface area contributed by atoms with Crippen LogP contribution in [0, 0.1) is 0 Å². The zero-order valence-electron chi connectivity index (χ0n) is 6.37. The Bertz CT molecular complexity index is 412. The van der Waals surface area contributed by atoms with E-state index in [1.807, 2.05) is 24.3 Å². The van der Waals surface area contributed by atoms with Crippen LogP contribution in [0.2, 0.25) is 5.02 Å². The number of hydrogen-bond acceptors (Lipinski definition) is 3. The maximum atomic E-state index is 5.76. The largest absolute Gasteiger partial charge is 0.208 e. The fraction of sp³-hybridized carbons (Fsp3) is 0. The first kappa shape index (κ1) is 9.12. The lowest BCUT2D eigenvalue weighted by Gasteiger charge is -1.93. The fourth-order valence-corrected chi connectivity index (χ4v) is 1.87. The molecule has 1 aromatic carbocycles. The van der Waals surface area contributed by atoms with E-state index in [0.29, 0.717) is 0 Å². The second-order valence-corrected chi connectivity index (χ2v) is 4.84. The molecule has 0 spiro atoms. The molecular weight excluding hydrogens is 272 g/mol. The van der Waals surface area contributed by atoms with E-state index in [1.165, 1.54) is 11.5 Å². The molecule has 0 radical (unpaired) electrons. The van der Waals surface area contributed by atoms with Crippen molar-refractivity contribution in [2.24, 2.45) is 0 Å². The monoisotopic (exact) mass is 274 g/mol. The normalized spacial score (nSPS) is 10.3. The van der Waals surface area contributed by atoms with Gasteiger partial charge in [0.25, 0.3) is 0 Å². The van der Waals surface area contributed by atoms with Crippen LogP contribution in [0.3, 0.4) is 0 Å². The molecule has 2 rings (SSSR count). The maximum Gasteiger partial charge on any atom is 0.179 e. The van der Waals surface area contributed by atoms with E-state index < -0.39 is 0 Å². The Balaban J connectivity index is 2.41. The van der Waals surface area contributed by atoms with Crippen molar-refractivity contribution in [2.45, 2.75) is 0 Å². The zero-order chi connectivity index (χ0) is 9.26. The third-order valence-corrected chi connectivity index (χ3v) is 2.87. The van der Waals surface area contributed by atoms with E-state index in [4.69, 9.17) is 11.6 Å². The lowest BCUT2D eigenvalue weighted by atomic mass is 10.2. The Morgan fingerprint density at radius 2 is 1.92 bits per heavy atom. The van der Waals surface area contributed by atoms with E-state index in [9.17, 15) is 0 Å². The summed E-state index contributed by atoms with van der Waals surface area (Å²) in [6, 6.07) is 7.45. The maximum absolute atomic E-state index is 5.76. The second-order valence-electron chi connectivity index (χ2n) is 2.38. The summed E-state index contributed by atoms with van der Waals surface area (Å²) < 4.78 is 4.95. The Morgan fingerprint density at radius 3 is 2.46 bits per heavy atom. The van der Waals surface area contributed by atoms with Crippen molar-refractivity contribution in [1.82, 2.24) is 9.36 Å². The summed E-state index contributed by atoms with van der Waals surface area (Å²) in [7, 11) is 0. The van der Waals surface area contributed by atoms with Crippen LogP contribution in [0.1, 0.15) is 0 Å². The van der Waals surface area contributed by atoms with Crippen LogP contribution >= 0.6 is 39.1 Å². The van der Waals surface area contributed by atoms with Crippen molar-refractivity contribution < 1.29 is 0 Å². The minimum atomic E-state index is 0.720. The quantitative estimate of drug-likeness (QED) is 0.794. The third-order valence-electron chi connectivity index (χ3n) is 1.50. The predicted octanol–water partition coefficient (Wildman–Crippen LogP) is 3.62. The minimum Gasteiger partial charge on any atom is -0.208 e. The standard InChI is InChI=1S/C8H4BrClN2S/c9-8-11-7(12-13-8)5-1-3-6(10)4-2-5/h1-4H. The second kappa shape index (κ2) is 3.74. The van der Waals surface area contributed by atoms with Gasteiger partial charge >= 0.3 is 0 Å². The topological polar surface area (TPSA) is 25.8 Å². The molecule has 5 heteroatoms. The molecule has 0 saturated carbocycles. The summed E-state index contributed by atoms with van der Waals surface area (Å²) >= 11 is 10.3. The number of benzene rings is 1. The molecule has 0 saturated heterocycles. The van der Waals surface area contributed by atoms with Gasteiger partial charge in [-0.2, -0.15) is 4.37 Å². The summed E-state index contributed by atoms with van der Waals surface area (Å²) in [4.78, 5) is 4.19. The molecular formula is C8H4BrClN2S. The molecule has 0 unspecified atom stereocenters. The molecule has 13 heavy (non-hydrogen) atoms. The van der Waals surface area contributed by atoms with Gasteiger partial charge in [-0.1, -0.05) is 11.6 Å². The number of aromatic nitrogens is 2. The first-order valence-corrected chi connectivity index (χ1v) is 5.45. The highest BCUT2D eigenvalue weighted by Gasteiger charge is 2.03. The molecule has 0 aliphatic heterocycles. The minimum absolute atomic E-state index is 0.720. The molecule has 0 atom stereocenters. The highest BCUT2D eigenvalue weighted by atomic mass is 79.9. The van der Waals surface area contributed by atoms with Crippen LogP contribution in [0.4, 0.5) is 0 Å². The predicted molar refractivity (Wildman–Crippen MR) is 58.1 cm³/mol. The van der Waals surface area contributed by atoms with Gasteiger partial charge in [-0.05, 0) is 51.7 Å². The van der Waals surface area contributed by atoms with Crippen LogP contribution in [-0.2, 0) is 0 Å². The lowest BCUT2D eigenvalue weighted by molar-refractivity contribution is 1.30. The first-order valence-electron chi connectivity index (χ1n) is 3.51. The Morgan fingerprint density at radius 1 is 1.23 bits per heavy atom. The molecule has 0 fully saturated rings. The van der Waals surface area contributed by atoms with Gasteiger partial charge in [0.05, 0.1) is 0 Å². The summed E-state index contributed by atoms with van der Waals surface area (Å²) in [5, 5.41) is 0.720. The van der Waals surface area contributed by atoms with Gasteiger partial charge in [0, 0.05) is 10.6 Å². The number of rotatable bonds is 1. The number of hydrogen-bond donors (Lipinski definition) is 0. The molecule has 66 valence electrons. The Labute approximate surface area is 92.9 Å². The lowest BCUT2D eigenvalue weighted by Crippen LogP contribution is -1.78. The van der Waals surface area contributed by atoms with Crippen LogP contribution in [0.15, 0.2) is 28.2 Å². The van der Waals surface area contributed by atoms with Gasteiger partial charge in [-0.15, -0.1) is 0 Å². The highest BCUT2D eigenvalue weighted by Crippen LogP contribution is 2.22. The van der Waals surface area contributed by atoms with Crippen molar-refractivity contribution >= 4 is 39.1 Å². The molecule has 1 aromatic heterocycles. The van der Waals surface area contributed by atoms with Crippen LogP contribution < -0.4 is 0 Å². The van der Waals surface area contributed by atoms with E-state index in [2.05, 4.69) is 25.3 Å². The van der Waals surface area contributed by atoms with E-state index in [0.717, 1.165) is 20.3 Å². The molecule has 0 aliphatic rings. The summed E-state index contributed by atoms with van der Waals surface area (Å²) in [6.45, 7) is 0. The van der Waals surface area contributed by atoms with Gasteiger partial charge in [0.15, 0.2) is 9.74 Å². The summed E-state index contributed by atoms with van der Waals surface area (Å²) in [5.74, 6) is 0.730. The van der Waals surface area contributed by atoms with Crippen LogP contribution in [0.5, 0.6) is 0 Å².